The number of hydrogen-bond acceptors (Lipinski definition) is 7. The van der Waals surface area contributed by atoms with Crippen LogP contribution in [-0.2, 0) is 7.05 Å². The lowest BCUT2D eigenvalue weighted by molar-refractivity contribution is 0.0965. The monoisotopic (exact) mass is 459 g/mol. The van der Waals surface area contributed by atoms with Gasteiger partial charge in [0, 0.05) is 48.7 Å². The molecule has 0 radical (unpaired) electrons. The van der Waals surface area contributed by atoms with E-state index >= 15 is 0 Å². The average molecular weight is 460 g/mol. The lowest BCUT2D eigenvalue weighted by Crippen LogP contribution is -2.51. The number of carbonyl (C=O) groups is 1. The van der Waals surface area contributed by atoms with Crippen LogP contribution in [0.25, 0.3) is 33.4 Å². The third-order valence-corrected chi connectivity index (χ3v) is 7.26. The minimum absolute atomic E-state index is 0.0948. The molecule has 2 aliphatic heterocycles. The zero-order valence-corrected chi connectivity index (χ0v) is 19.0. The number of rotatable bonds is 4. The van der Waals surface area contributed by atoms with Crippen LogP contribution in [0.2, 0.25) is 0 Å². The molecule has 2 fully saturated rings. The van der Waals surface area contributed by atoms with Gasteiger partial charge >= 0.3 is 6.09 Å². The van der Waals surface area contributed by atoms with Crippen molar-refractivity contribution in [2.75, 3.05) is 11.9 Å². The van der Waals surface area contributed by atoms with Crippen LogP contribution in [-0.4, -0.2) is 76.7 Å². The molecule has 6 rings (SSSR count). The zero-order chi connectivity index (χ0) is 23.4. The second kappa shape index (κ2) is 7.79. The summed E-state index contributed by atoms with van der Waals surface area (Å²) in [7, 11) is 3.81. The van der Waals surface area contributed by atoms with Gasteiger partial charge in [-0.3, -0.25) is 5.10 Å². The van der Waals surface area contributed by atoms with E-state index in [0.29, 0.717) is 0 Å². The molecule has 1 aromatic carbocycles. The highest BCUT2D eigenvalue weighted by atomic mass is 16.4. The van der Waals surface area contributed by atoms with Crippen LogP contribution in [0.1, 0.15) is 25.7 Å². The molecule has 0 spiro atoms. The molecule has 34 heavy (non-hydrogen) atoms. The van der Waals surface area contributed by atoms with Crippen molar-refractivity contribution in [2.24, 2.45) is 7.05 Å². The minimum atomic E-state index is -0.798. The van der Waals surface area contributed by atoms with E-state index in [9.17, 15) is 9.90 Å². The number of carboxylic acid groups (broad SMARTS) is 1. The molecule has 11 nitrogen and oxygen atoms in total. The summed E-state index contributed by atoms with van der Waals surface area (Å²) < 4.78 is 0. The highest BCUT2D eigenvalue weighted by Gasteiger charge is 2.44. The quantitative estimate of drug-likeness (QED) is 0.477. The number of piperidine rings is 1. The van der Waals surface area contributed by atoms with Crippen LogP contribution in [0.5, 0.6) is 0 Å². The van der Waals surface area contributed by atoms with Gasteiger partial charge in [0.25, 0.3) is 0 Å². The van der Waals surface area contributed by atoms with E-state index in [-0.39, 0.29) is 18.1 Å². The molecule has 5 heterocycles. The Morgan fingerprint density at radius 1 is 1.06 bits per heavy atom. The molecule has 3 aromatic heterocycles. The van der Waals surface area contributed by atoms with Crippen molar-refractivity contribution >= 4 is 22.8 Å². The van der Waals surface area contributed by atoms with Crippen LogP contribution < -0.4 is 4.90 Å². The van der Waals surface area contributed by atoms with E-state index in [0.717, 1.165) is 64.9 Å². The second-order valence-electron chi connectivity index (χ2n) is 9.13. The number of nitrogens with one attached hydrogen (secondary N) is 1. The summed E-state index contributed by atoms with van der Waals surface area (Å²) in [6, 6.07) is 8.39. The summed E-state index contributed by atoms with van der Waals surface area (Å²) in [5.74, 6) is 0.786. The fraction of sp³-hybridized carbons (Fsp3) is 0.391. The Morgan fingerprint density at radius 2 is 1.82 bits per heavy atom. The van der Waals surface area contributed by atoms with Gasteiger partial charge in [0.1, 0.15) is 5.69 Å². The maximum absolute atomic E-state index is 11.6. The fourth-order valence-electron chi connectivity index (χ4n) is 5.56. The maximum Gasteiger partial charge on any atom is 0.407 e. The Morgan fingerprint density at radius 3 is 2.47 bits per heavy atom. The summed E-state index contributed by atoms with van der Waals surface area (Å²) in [4.78, 5) is 16.9. The third kappa shape index (κ3) is 3.27. The van der Waals surface area contributed by atoms with Crippen molar-refractivity contribution in [1.82, 2.24) is 40.3 Å². The molecule has 174 valence electrons. The van der Waals surface area contributed by atoms with Crippen molar-refractivity contribution in [3.05, 3.63) is 36.7 Å². The first-order chi connectivity index (χ1) is 16.5. The highest BCUT2D eigenvalue weighted by Crippen LogP contribution is 2.38. The summed E-state index contributed by atoms with van der Waals surface area (Å²) >= 11 is 0. The van der Waals surface area contributed by atoms with E-state index in [4.69, 9.17) is 0 Å². The van der Waals surface area contributed by atoms with E-state index in [1.807, 2.05) is 31.3 Å². The van der Waals surface area contributed by atoms with E-state index < -0.39 is 6.09 Å². The van der Waals surface area contributed by atoms with Gasteiger partial charge in [0.15, 0.2) is 5.82 Å². The standard InChI is InChI=1S/C23H25N9O2/c1-30(15-9-13-3-4-14(10-15)32(13)23(33)34)21-8-7-19(26-27-21)17-6-5-16(18-11-24-28-22(17)18)20-12-25-31(2)29-20/h5-8,11-15H,3-4,9-10H2,1-2H3,(H,24,28)(H,33,34)/t13-,14+,15?. The van der Waals surface area contributed by atoms with Crippen molar-refractivity contribution in [3.8, 4) is 22.5 Å². The molecule has 1 amide bonds. The fourth-order valence-corrected chi connectivity index (χ4v) is 5.56. The number of H-pyrrole nitrogens is 1. The van der Waals surface area contributed by atoms with E-state index in [1.165, 1.54) is 4.80 Å². The normalized spacial score (nSPS) is 21.8. The lowest BCUT2D eigenvalue weighted by atomic mass is 9.96. The molecule has 2 N–H and O–H groups in total. The van der Waals surface area contributed by atoms with E-state index in [1.54, 1.807) is 24.3 Å². The first kappa shape index (κ1) is 20.6. The van der Waals surface area contributed by atoms with Crippen LogP contribution in [0, 0.1) is 0 Å². The smallest absolute Gasteiger partial charge is 0.407 e. The molecule has 1 unspecified atom stereocenters. The SMILES string of the molecule is CN(c1ccc(-c2ccc(-c3cnn(C)n3)c3cn[nH]c23)nn1)C1C[C@H]2CC[C@@H](C1)N2C(=O)O. The number of nitrogens with zero attached hydrogens (tertiary/aromatic N) is 8. The maximum atomic E-state index is 11.6. The molecule has 4 aromatic rings. The van der Waals surface area contributed by atoms with Crippen molar-refractivity contribution in [3.63, 3.8) is 0 Å². The number of aromatic amines is 1. The minimum Gasteiger partial charge on any atom is -0.465 e. The molecular formula is C23H25N9O2. The first-order valence-corrected chi connectivity index (χ1v) is 11.4. The number of hydrogen-bond donors (Lipinski definition) is 2. The Balaban J connectivity index is 1.25. The van der Waals surface area contributed by atoms with Gasteiger partial charge in [-0.15, -0.1) is 10.2 Å². The van der Waals surface area contributed by atoms with Gasteiger partial charge in [-0.05, 0) is 43.9 Å². The molecule has 0 aliphatic carbocycles. The van der Waals surface area contributed by atoms with Crippen LogP contribution in [0.15, 0.2) is 36.7 Å². The topological polar surface area (TPSA) is 129 Å². The number of benzene rings is 1. The number of fused-ring (bicyclic) bond motifs is 3. The van der Waals surface area contributed by atoms with Crippen molar-refractivity contribution in [1.29, 1.82) is 0 Å². The largest absolute Gasteiger partial charge is 0.465 e. The highest BCUT2D eigenvalue weighted by molar-refractivity contribution is 6.01. The molecule has 0 saturated carbocycles. The van der Waals surface area contributed by atoms with Gasteiger partial charge in [0.05, 0.1) is 23.6 Å². The Hall–Kier alpha value is -4.02. The molecule has 2 saturated heterocycles. The summed E-state index contributed by atoms with van der Waals surface area (Å²) in [5, 5.41) is 35.4. The average Bonchev–Trinajstić information content (AvgIpc) is 3.56. The predicted molar refractivity (Wildman–Crippen MR) is 125 cm³/mol. The van der Waals surface area contributed by atoms with Gasteiger partial charge < -0.3 is 14.9 Å². The number of aryl methyl sites for hydroxylation is 1. The summed E-state index contributed by atoms with van der Waals surface area (Å²) in [6.45, 7) is 0. The molecular weight excluding hydrogens is 434 g/mol. The van der Waals surface area contributed by atoms with Gasteiger partial charge in [0.2, 0.25) is 0 Å². The molecule has 3 atom stereocenters. The van der Waals surface area contributed by atoms with Crippen molar-refractivity contribution in [2.45, 2.75) is 43.8 Å². The summed E-state index contributed by atoms with van der Waals surface area (Å²) in [5.41, 5.74) is 4.27. The first-order valence-electron chi connectivity index (χ1n) is 11.4. The van der Waals surface area contributed by atoms with Crippen molar-refractivity contribution < 1.29 is 9.90 Å². The van der Waals surface area contributed by atoms with Crippen LogP contribution >= 0.6 is 0 Å². The van der Waals surface area contributed by atoms with Gasteiger partial charge in [-0.2, -0.15) is 20.1 Å². The van der Waals surface area contributed by atoms with Gasteiger partial charge in [-0.1, -0.05) is 6.07 Å². The predicted octanol–water partition coefficient (Wildman–Crippen LogP) is 2.93. The Labute approximate surface area is 195 Å². The summed E-state index contributed by atoms with van der Waals surface area (Å²) in [6.07, 6.45) is 6.25. The van der Waals surface area contributed by atoms with Crippen LogP contribution in [0.4, 0.5) is 10.6 Å². The third-order valence-electron chi connectivity index (χ3n) is 7.26. The molecule has 11 heteroatoms. The second-order valence-corrected chi connectivity index (χ2v) is 9.13. The molecule has 2 aliphatic rings. The van der Waals surface area contributed by atoms with Gasteiger partial charge in [-0.25, -0.2) is 4.79 Å². The molecule has 2 bridgehead atoms. The Kier molecular flexibility index (Phi) is 4.71. The Bertz CT molecular complexity index is 1350. The number of anilines is 1. The zero-order valence-electron chi connectivity index (χ0n) is 19.0. The number of amides is 1. The lowest BCUT2D eigenvalue weighted by Gasteiger charge is -2.41. The van der Waals surface area contributed by atoms with Crippen LogP contribution in [0.3, 0.4) is 0 Å². The van der Waals surface area contributed by atoms with E-state index in [2.05, 4.69) is 35.5 Å². The number of aromatic nitrogens is 7.